The number of hydrogen-bond acceptors (Lipinski definition) is 4. The second-order valence-electron chi connectivity index (χ2n) is 2.44. The molecule has 1 aliphatic rings. The lowest BCUT2D eigenvalue weighted by atomic mass is 10.3. The molecule has 0 saturated heterocycles. The quantitative estimate of drug-likeness (QED) is 0.571. The number of hydrazone groups is 2. The maximum Gasteiger partial charge on any atom is 0.167 e. The number of nitrogens with zero attached hydrogens (tertiary/aromatic N) is 4. The van der Waals surface area contributed by atoms with E-state index in [1.807, 2.05) is 13.8 Å². The van der Waals surface area contributed by atoms with Gasteiger partial charge in [0.2, 0.25) is 0 Å². The van der Waals surface area contributed by atoms with E-state index in [1.54, 1.807) is 12.4 Å². The summed E-state index contributed by atoms with van der Waals surface area (Å²) in [5.74, 6) is 0.547. The Hall–Kier alpha value is -1.45. The van der Waals surface area contributed by atoms with Crippen LogP contribution in [0.2, 0.25) is 0 Å². The minimum atomic E-state index is 0.547. The second kappa shape index (κ2) is 3.80. The first-order valence-corrected chi connectivity index (χ1v) is 3.83. The lowest BCUT2D eigenvalue weighted by molar-refractivity contribution is 0.384. The molecule has 1 rings (SSSR count). The largest absolute Gasteiger partial charge is 0.234 e. The van der Waals surface area contributed by atoms with E-state index in [0.29, 0.717) is 5.82 Å². The van der Waals surface area contributed by atoms with Gasteiger partial charge in [0.15, 0.2) is 5.82 Å². The van der Waals surface area contributed by atoms with Crippen molar-refractivity contribution in [2.75, 3.05) is 0 Å². The molecule has 64 valence electrons. The summed E-state index contributed by atoms with van der Waals surface area (Å²) in [6, 6.07) is 0. The predicted molar refractivity (Wildman–Crippen MR) is 51.4 cm³/mol. The topological polar surface area (TPSA) is 40.3 Å². The van der Waals surface area contributed by atoms with Gasteiger partial charge in [-0.25, -0.2) is 4.99 Å². The van der Waals surface area contributed by atoms with Gasteiger partial charge in [0.05, 0.1) is 6.21 Å². The molecule has 0 spiro atoms. The molecule has 1 aliphatic heterocycles. The summed E-state index contributed by atoms with van der Waals surface area (Å²) in [6.45, 7) is 7.68. The molecule has 4 heteroatoms. The second-order valence-corrected chi connectivity index (χ2v) is 2.44. The van der Waals surface area contributed by atoms with Crippen molar-refractivity contribution >= 4 is 18.1 Å². The van der Waals surface area contributed by atoms with Gasteiger partial charge in [0.1, 0.15) is 0 Å². The summed E-state index contributed by atoms with van der Waals surface area (Å²) in [4.78, 5) is 3.95. The molecule has 0 aromatic heterocycles. The van der Waals surface area contributed by atoms with Crippen molar-refractivity contribution in [2.24, 2.45) is 15.2 Å². The molecule has 1 heterocycles. The molecule has 0 fully saturated rings. The molecular weight excluding hydrogens is 152 g/mol. The summed E-state index contributed by atoms with van der Waals surface area (Å²) < 4.78 is 0. The Morgan fingerprint density at radius 1 is 1.67 bits per heavy atom. The van der Waals surface area contributed by atoms with Gasteiger partial charge in [0, 0.05) is 11.9 Å². The first kappa shape index (κ1) is 8.64. The van der Waals surface area contributed by atoms with Crippen molar-refractivity contribution in [1.29, 1.82) is 0 Å². The molecule has 0 aromatic carbocycles. The van der Waals surface area contributed by atoms with E-state index in [2.05, 4.69) is 21.8 Å². The van der Waals surface area contributed by atoms with E-state index in [0.717, 1.165) is 12.1 Å². The third-order valence-electron chi connectivity index (χ3n) is 1.47. The van der Waals surface area contributed by atoms with Gasteiger partial charge >= 0.3 is 0 Å². The van der Waals surface area contributed by atoms with Crippen LogP contribution in [0.5, 0.6) is 0 Å². The average molecular weight is 164 g/mol. The fourth-order valence-corrected chi connectivity index (χ4v) is 0.647. The predicted octanol–water partition coefficient (Wildman–Crippen LogP) is 1.62. The zero-order chi connectivity index (χ0) is 8.97. The maximum atomic E-state index is 4.17. The molecule has 0 atom stereocenters. The van der Waals surface area contributed by atoms with Gasteiger partial charge < -0.3 is 0 Å². The van der Waals surface area contributed by atoms with Gasteiger partial charge in [-0.3, -0.25) is 0 Å². The standard InChI is InChI=1S/C8H12N4/c1-4-7(2)11-12-8(3)9-5-6-10-12/h5-6H,3-4H2,1-2H3/b11-7-. The lowest BCUT2D eigenvalue weighted by Crippen LogP contribution is -2.13. The van der Waals surface area contributed by atoms with Crippen molar-refractivity contribution in [3.05, 3.63) is 12.4 Å². The Kier molecular flexibility index (Phi) is 2.74. The van der Waals surface area contributed by atoms with Crippen LogP contribution in [0.3, 0.4) is 0 Å². The van der Waals surface area contributed by atoms with Crippen LogP contribution < -0.4 is 0 Å². The minimum absolute atomic E-state index is 0.547. The third-order valence-corrected chi connectivity index (χ3v) is 1.47. The van der Waals surface area contributed by atoms with Gasteiger partial charge in [-0.05, 0) is 13.3 Å². The summed E-state index contributed by atoms with van der Waals surface area (Å²) in [7, 11) is 0. The lowest BCUT2D eigenvalue weighted by Gasteiger charge is -2.14. The first-order valence-electron chi connectivity index (χ1n) is 3.83. The Labute approximate surface area is 72.0 Å². The van der Waals surface area contributed by atoms with E-state index in [1.165, 1.54) is 5.12 Å². The Bertz CT molecular complexity index is 262. The van der Waals surface area contributed by atoms with Crippen molar-refractivity contribution in [3.8, 4) is 0 Å². The van der Waals surface area contributed by atoms with Crippen LogP contribution in [0, 0.1) is 0 Å². The SMILES string of the molecule is C=C1N=CC=NN1/N=C(/C)CC. The van der Waals surface area contributed by atoms with E-state index >= 15 is 0 Å². The molecule has 4 nitrogen and oxygen atoms in total. The van der Waals surface area contributed by atoms with Crippen molar-refractivity contribution in [2.45, 2.75) is 20.3 Å². The van der Waals surface area contributed by atoms with Gasteiger partial charge in [0.25, 0.3) is 0 Å². The van der Waals surface area contributed by atoms with Crippen molar-refractivity contribution in [3.63, 3.8) is 0 Å². The summed E-state index contributed by atoms with van der Waals surface area (Å²) in [5.41, 5.74) is 1.01. The van der Waals surface area contributed by atoms with E-state index in [9.17, 15) is 0 Å². The van der Waals surface area contributed by atoms with Gasteiger partial charge in [-0.1, -0.05) is 13.5 Å². The maximum absolute atomic E-state index is 4.17. The summed E-state index contributed by atoms with van der Waals surface area (Å²) >= 11 is 0. The molecule has 0 radical (unpaired) electrons. The van der Waals surface area contributed by atoms with E-state index in [4.69, 9.17) is 0 Å². The molecule has 0 N–H and O–H groups in total. The Balaban J connectivity index is 2.71. The highest BCUT2D eigenvalue weighted by molar-refractivity contribution is 6.16. The first-order chi connectivity index (χ1) is 5.74. The molecule has 0 aliphatic carbocycles. The molecule has 12 heavy (non-hydrogen) atoms. The smallest absolute Gasteiger partial charge is 0.167 e. The van der Waals surface area contributed by atoms with Crippen LogP contribution in [0.4, 0.5) is 0 Å². The minimum Gasteiger partial charge on any atom is -0.234 e. The van der Waals surface area contributed by atoms with Crippen LogP contribution in [0.25, 0.3) is 0 Å². The Morgan fingerprint density at radius 3 is 3.00 bits per heavy atom. The van der Waals surface area contributed by atoms with E-state index < -0.39 is 0 Å². The zero-order valence-corrected chi connectivity index (χ0v) is 7.36. The van der Waals surface area contributed by atoms with Crippen molar-refractivity contribution in [1.82, 2.24) is 5.12 Å². The number of hydrogen-bond donors (Lipinski definition) is 0. The highest BCUT2D eigenvalue weighted by Crippen LogP contribution is 2.07. The van der Waals surface area contributed by atoms with Crippen molar-refractivity contribution < 1.29 is 0 Å². The van der Waals surface area contributed by atoms with Crippen LogP contribution in [-0.2, 0) is 0 Å². The van der Waals surface area contributed by atoms with Crippen LogP contribution in [0.15, 0.2) is 27.6 Å². The third kappa shape index (κ3) is 2.02. The molecular formula is C8H12N4. The zero-order valence-electron chi connectivity index (χ0n) is 7.36. The summed E-state index contributed by atoms with van der Waals surface area (Å²) in [5, 5.41) is 9.57. The van der Waals surface area contributed by atoms with E-state index in [-0.39, 0.29) is 0 Å². The van der Waals surface area contributed by atoms with Gasteiger partial charge in [-0.2, -0.15) is 10.2 Å². The van der Waals surface area contributed by atoms with Crippen LogP contribution >= 0.6 is 0 Å². The van der Waals surface area contributed by atoms with Crippen LogP contribution in [0.1, 0.15) is 20.3 Å². The fraction of sp³-hybridized carbons (Fsp3) is 0.375. The molecule has 0 bridgehead atoms. The normalized spacial score (nSPS) is 17.3. The fourth-order valence-electron chi connectivity index (χ4n) is 0.647. The average Bonchev–Trinajstić information content (AvgIpc) is 2.09. The molecule has 0 amide bonds. The molecule has 0 aromatic rings. The monoisotopic (exact) mass is 164 g/mol. The summed E-state index contributed by atoms with van der Waals surface area (Å²) in [6.07, 6.45) is 4.08. The number of rotatable bonds is 2. The van der Waals surface area contributed by atoms with Crippen LogP contribution in [-0.4, -0.2) is 23.3 Å². The molecule has 0 unspecified atom stereocenters. The highest BCUT2D eigenvalue weighted by atomic mass is 15.7. The Morgan fingerprint density at radius 2 is 2.42 bits per heavy atom. The number of aliphatic imine (C=N–C) groups is 1. The highest BCUT2D eigenvalue weighted by Gasteiger charge is 2.04. The van der Waals surface area contributed by atoms with Gasteiger partial charge in [-0.15, -0.1) is 5.12 Å². The molecule has 0 saturated carbocycles.